The highest BCUT2D eigenvalue weighted by Gasteiger charge is 2.14. The quantitative estimate of drug-likeness (QED) is 0.193. The fourth-order valence-electron chi connectivity index (χ4n) is 2.22. The van der Waals surface area contributed by atoms with Gasteiger partial charge in [0.15, 0.2) is 0 Å². The highest BCUT2D eigenvalue weighted by atomic mass is 16.5. The number of ether oxygens (including phenoxy) is 1. The van der Waals surface area contributed by atoms with E-state index in [1.165, 1.54) is 6.21 Å². The Morgan fingerprint density at radius 2 is 1.71 bits per heavy atom. The number of methoxy groups -OCH3 is 1. The van der Waals surface area contributed by atoms with Crippen molar-refractivity contribution in [2.24, 2.45) is 5.10 Å². The molecule has 0 spiro atoms. The highest BCUT2D eigenvalue weighted by Crippen LogP contribution is 2.06. The van der Waals surface area contributed by atoms with Crippen LogP contribution in [-0.4, -0.2) is 50.1 Å². The summed E-state index contributed by atoms with van der Waals surface area (Å²) in [5, 5.41) is 11.0. The van der Waals surface area contributed by atoms with Crippen molar-refractivity contribution in [3.05, 3.63) is 54.0 Å². The van der Waals surface area contributed by atoms with Crippen molar-refractivity contribution in [2.45, 2.75) is 13.0 Å². The molecule has 2 aromatic rings. The molecule has 1 heterocycles. The minimum Gasteiger partial charge on any atom is -0.458 e. The van der Waals surface area contributed by atoms with E-state index in [9.17, 15) is 19.2 Å². The smallest absolute Gasteiger partial charge is 0.329 e. The predicted molar refractivity (Wildman–Crippen MR) is 111 cm³/mol. The molecular formula is C20H23N5O6. The molecule has 0 aliphatic rings. The fraction of sp³-hybridized carbons (Fsp3) is 0.250. The fourth-order valence-corrected chi connectivity index (χ4v) is 2.22. The number of hydrazone groups is 1. The van der Waals surface area contributed by atoms with Crippen molar-refractivity contribution in [1.82, 2.24) is 16.1 Å². The number of rotatable bonds is 9. The maximum absolute atomic E-state index is 11.9. The van der Waals surface area contributed by atoms with Gasteiger partial charge in [0.1, 0.15) is 11.5 Å². The molecule has 0 saturated carbocycles. The molecule has 2 rings (SSSR count). The molecule has 164 valence electrons. The van der Waals surface area contributed by atoms with Gasteiger partial charge >= 0.3 is 23.6 Å². The lowest BCUT2D eigenvalue weighted by atomic mass is 10.3. The van der Waals surface area contributed by atoms with E-state index in [2.05, 4.69) is 26.5 Å². The van der Waals surface area contributed by atoms with E-state index in [-0.39, 0.29) is 12.3 Å². The molecule has 11 nitrogen and oxygen atoms in total. The van der Waals surface area contributed by atoms with Gasteiger partial charge in [0.2, 0.25) is 0 Å². The Bertz CT molecular complexity index is 925. The molecule has 0 aliphatic carbocycles. The van der Waals surface area contributed by atoms with Gasteiger partial charge in [-0.1, -0.05) is 18.2 Å². The Hall–Kier alpha value is -3.99. The van der Waals surface area contributed by atoms with Gasteiger partial charge in [0.25, 0.3) is 0 Å². The molecule has 11 heteroatoms. The summed E-state index contributed by atoms with van der Waals surface area (Å²) in [4.78, 5) is 46.8. The van der Waals surface area contributed by atoms with Gasteiger partial charge in [-0.3, -0.25) is 19.2 Å². The minimum atomic E-state index is -0.919. The van der Waals surface area contributed by atoms with Crippen molar-refractivity contribution in [1.29, 1.82) is 0 Å². The third kappa shape index (κ3) is 8.50. The third-order valence-corrected chi connectivity index (χ3v) is 3.72. The van der Waals surface area contributed by atoms with Crippen molar-refractivity contribution in [2.75, 3.05) is 25.6 Å². The predicted octanol–water partition coefficient (Wildman–Crippen LogP) is 0.137. The molecule has 1 aromatic heterocycles. The van der Waals surface area contributed by atoms with Gasteiger partial charge in [-0.15, -0.1) is 0 Å². The maximum atomic E-state index is 11.9. The van der Waals surface area contributed by atoms with Crippen LogP contribution in [0.4, 0.5) is 5.69 Å². The molecule has 4 N–H and O–H groups in total. The number of furan rings is 1. The molecule has 0 radical (unpaired) electrons. The molecule has 0 aliphatic heterocycles. The molecule has 1 aromatic carbocycles. The molecular weight excluding hydrogens is 406 g/mol. The second-order valence-corrected chi connectivity index (χ2v) is 6.11. The van der Waals surface area contributed by atoms with Crippen LogP contribution in [0.15, 0.2) is 52.0 Å². The van der Waals surface area contributed by atoms with Crippen molar-refractivity contribution in [3.8, 4) is 0 Å². The molecule has 0 unspecified atom stereocenters. The zero-order chi connectivity index (χ0) is 22.5. The van der Waals surface area contributed by atoms with Crippen molar-refractivity contribution in [3.63, 3.8) is 0 Å². The maximum Gasteiger partial charge on any atom is 0.329 e. The van der Waals surface area contributed by atoms with Crippen LogP contribution in [0.3, 0.4) is 0 Å². The zero-order valence-corrected chi connectivity index (χ0v) is 16.8. The van der Waals surface area contributed by atoms with E-state index >= 15 is 0 Å². The van der Waals surface area contributed by atoms with Crippen LogP contribution in [-0.2, 0) is 30.5 Å². The minimum absolute atomic E-state index is 0.0227. The van der Waals surface area contributed by atoms with Crippen molar-refractivity contribution >= 4 is 35.5 Å². The van der Waals surface area contributed by atoms with Gasteiger partial charge in [-0.2, -0.15) is 5.10 Å². The second-order valence-electron chi connectivity index (χ2n) is 6.11. The first kappa shape index (κ1) is 23.3. The molecule has 0 atom stereocenters. The van der Waals surface area contributed by atoms with Gasteiger partial charge < -0.3 is 25.1 Å². The third-order valence-electron chi connectivity index (χ3n) is 3.72. The zero-order valence-electron chi connectivity index (χ0n) is 16.8. The lowest BCUT2D eigenvalue weighted by molar-refractivity contribution is -0.139. The summed E-state index contributed by atoms with van der Waals surface area (Å²) in [5.74, 6) is -2.72. The van der Waals surface area contributed by atoms with Crippen LogP contribution in [0.5, 0.6) is 0 Å². The van der Waals surface area contributed by atoms with Crippen molar-refractivity contribution < 1.29 is 28.3 Å². The number of para-hydroxylation sites is 1. The summed E-state index contributed by atoms with van der Waals surface area (Å²) in [6.07, 6.45) is 1.78. The molecule has 0 saturated heterocycles. The standard InChI is InChI=1S/C20H23N5O6/c1-30-11-5-10-21-18(27)20(29)25-23-13-16-9-8-15(31-16)12-22-17(26)19(28)24-14-6-3-2-4-7-14/h2-4,6-9,13H,5,10-12H2,1H3,(H,21,27)(H,22,26)(H,24,28)(H,25,29)/b23-13+. The average molecular weight is 429 g/mol. The normalized spacial score (nSPS) is 10.5. The lowest BCUT2D eigenvalue weighted by Gasteiger charge is -2.05. The summed E-state index contributed by atoms with van der Waals surface area (Å²) in [6.45, 7) is 0.755. The Morgan fingerprint density at radius 1 is 0.968 bits per heavy atom. The Balaban J connectivity index is 1.72. The van der Waals surface area contributed by atoms with E-state index in [1.54, 1.807) is 49.6 Å². The van der Waals surface area contributed by atoms with Gasteiger partial charge in [0, 0.05) is 25.9 Å². The molecule has 0 bridgehead atoms. The van der Waals surface area contributed by atoms with Gasteiger partial charge in [0.05, 0.1) is 12.8 Å². The summed E-state index contributed by atoms with van der Waals surface area (Å²) < 4.78 is 10.2. The second kappa shape index (κ2) is 12.5. The SMILES string of the molecule is COCCCNC(=O)C(=O)N/N=C/c1ccc(CNC(=O)C(=O)Nc2ccccc2)o1. The Morgan fingerprint density at radius 3 is 2.45 bits per heavy atom. The number of amides is 4. The summed E-state index contributed by atoms with van der Waals surface area (Å²) in [5.41, 5.74) is 2.58. The number of hydrogen-bond donors (Lipinski definition) is 4. The first-order valence-electron chi connectivity index (χ1n) is 9.32. The van der Waals surface area contributed by atoms with Crippen LogP contribution in [0.2, 0.25) is 0 Å². The summed E-state index contributed by atoms with van der Waals surface area (Å²) >= 11 is 0. The monoisotopic (exact) mass is 429 g/mol. The van der Waals surface area contributed by atoms with E-state index in [0.29, 0.717) is 31.0 Å². The highest BCUT2D eigenvalue weighted by molar-refractivity contribution is 6.39. The largest absolute Gasteiger partial charge is 0.458 e. The summed E-state index contributed by atoms with van der Waals surface area (Å²) in [7, 11) is 1.54. The topological polar surface area (TPSA) is 151 Å². The number of hydrogen-bond acceptors (Lipinski definition) is 7. The first-order valence-corrected chi connectivity index (χ1v) is 9.32. The number of nitrogens with zero attached hydrogens (tertiary/aromatic N) is 1. The van der Waals surface area contributed by atoms with E-state index in [4.69, 9.17) is 9.15 Å². The number of benzene rings is 1. The number of nitrogens with one attached hydrogen (secondary N) is 4. The van der Waals surface area contributed by atoms with Crippen LogP contribution >= 0.6 is 0 Å². The number of carbonyl (C=O) groups excluding carboxylic acids is 4. The van der Waals surface area contributed by atoms with Crippen LogP contribution in [0, 0.1) is 0 Å². The van der Waals surface area contributed by atoms with Crippen LogP contribution in [0.25, 0.3) is 0 Å². The van der Waals surface area contributed by atoms with Crippen LogP contribution < -0.4 is 21.4 Å². The lowest BCUT2D eigenvalue weighted by Crippen LogP contribution is -2.38. The Labute approximate surface area is 178 Å². The van der Waals surface area contributed by atoms with E-state index < -0.39 is 23.6 Å². The average Bonchev–Trinajstić information content (AvgIpc) is 3.23. The molecule has 0 fully saturated rings. The van der Waals surface area contributed by atoms with E-state index in [0.717, 1.165) is 0 Å². The summed E-state index contributed by atoms with van der Waals surface area (Å²) in [6, 6.07) is 11.7. The van der Waals surface area contributed by atoms with E-state index in [1.807, 2.05) is 0 Å². The number of carbonyl (C=O) groups is 4. The van der Waals surface area contributed by atoms with Gasteiger partial charge in [-0.05, 0) is 30.7 Å². The molecule has 4 amide bonds. The Kier molecular flexibility index (Phi) is 9.43. The molecule has 31 heavy (non-hydrogen) atoms. The van der Waals surface area contributed by atoms with Gasteiger partial charge in [-0.25, -0.2) is 5.43 Å². The first-order chi connectivity index (χ1) is 15.0. The van der Waals surface area contributed by atoms with Crippen LogP contribution in [0.1, 0.15) is 17.9 Å². The number of anilines is 1.